The topological polar surface area (TPSA) is 54.9 Å². The molecule has 0 aliphatic heterocycles. The first-order valence-electron chi connectivity index (χ1n) is 6.38. The van der Waals surface area contributed by atoms with E-state index in [1.54, 1.807) is 0 Å². The molecule has 19 heavy (non-hydrogen) atoms. The molecule has 0 bridgehead atoms. The minimum atomic E-state index is 0.0851. The lowest BCUT2D eigenvalue weighted by molar-refractivity contribution is -0.118. The van der Waals surface area contributed by atoms with Crippen molar-refractivity contribution in [3.05, 3.63) is 30.0 Å². The molecule has 4 nitrogen and oxygen atoms in total. The molecule has 1 fully saturated rings. The summed E-state index contributed by atoms with van der Waals surface area (Å²) in [5.41, 5.74) is 2.65. The van der Waals surface area contributed by atoms with E-state index in [-0.39, 0.29) is 5.91 Å². The highest BCUT2D eigenvalue weighted by molar-refractivity contribution is 7.99. The predicted octanol–water partition coefficient (Wildman–Crippen LogP) is 2.31. The first-order valence-corrected chi connectivity index (χ1v) is 7.36. The van der Waals surface area contributed by atoms with Crippen molar-refractivity contribution in [1.29, 1.82) is 0 Å². The lowest BCUT2D eigenvalue weighted by Gasteiger charge is -2.06. The van der Waals surface area contributed by atoms with Crippen LogP contribution in [0.1, 0.15) is 18.5 Å². The molecule has 1 heterocycles. The Kier molecular flexibility index (Phi) is 3.38. The van der Waals surface area contributed by atoms with Gasteiger partial charge in [0.05, 0.1) is 22.5 Å². The van der Waals surface area contributed by atoms with Gasteiger partial charge in [0, 0.05) is 6.04 Å². The first-order chi connectivity index (χ1) is 9.22. The van der Waals surface area contributed by atoms with E-state index in [2.05, 4.69) is 15.3 Å². The van der Waals surface area contributed by atoms with Crippen LogP contribution in [0.2, 0.25) is 0 Å². The van der Waals surface area contributed by atoms with Gasteiger partial charge in [-0.15, -0.1) is 0 Å². The van der Waals surface area contributed by atoms with Gasteiger partial charge in [-0.05, 0) is 31.9 Å². The molecule has 1 saturated carbocycles. The minimum Gasteiger partial charge on any atom is -0.353 e. The number of hydrogen-bond acceptors (Lipinski definition) is 4. The average molecular weight is 273 g/mol. The Labute approximate surface area is 116 Å². The number of amides is 1. The number of carbonyl (C=O) groups is 1. The largest absolute Gasteiger partial charge is 0.353 e. The van der Waals surface area contributed by atoms with Gasteiger partial charge < -0.3 is 5.32 Å². The van der Waals surface area contributed by atoms with Gasteiger partial charge in [0.2, 0.25) is 5.91 Å². The summed E-state index contributed by atoms with van der Waals surface area (Å²) in [4.78, 5) is 20.7. The quantitative estimate of drug-likeness (QED) is 0.869. The van der Waals surface area contributed by atoms with Crippen LogP contribution in [-0.4, -0.2) is 27.7 Å². The van der Waals surface area contributed by atoms with Crippen LogP contribution in [0.25, 0.3) is 11.0 Å². The minimum absolute atomic E-state index is 0.0851. The Balaban J connectivity index is 1.72. The number of carbonyl (C=O) groups excluding carboxylic acids is 1. The Hall–Kier alpha value is -1.62. The second-order valence-electron chi connectivity index (χ2n) is 4.73. The Morgan fingerprint density at radius 2 is 2.00 bits per heavy atom. The van der Waals surface area contributed by atoms with E-state index in [9.17, 15) is 4.79 Å². The smallest absolute Gasteiger partial charge is 0.230 e. The summed E-state index contributed by atoms with van der Waals surface area (Å²) in [6, 6.07) is 8.20. The van der Waals surface area contributed by atoms with Gasteiger partial charge in [-0.25, -0.2) is 9.97 Å². The van der Waals surface area contributed by atoms with Gasteiger partial charge >= 0.3 is 0 Å². The van der Waals surface area contributed by atoms with Gasteiger partial charge in [0.25, 0.3) is 0 Å². The number of fused-ring (bicyclic) bond motifs is 1. The van der Waals surface area contributed by atoms with Gasteiger partial charge in [0.15, 0.2) is 0 Å². The molecule has 98 valence electrons. The number of rotatable bonds is 4. The SMILES string of the molecule is Cc1nc2ccccc2nc1SCC(=O)NC1CC1. The van der Waals surface area contributed by atoms with Crippen LogP contribution < -0.4 is 5.32 Å². The molecule has 1 aliphatic carbocycles. The number of aryl methyl sites for hydroxylation is 1. The molecular weight excluding hydrogens is 258 g/mol. The molecule has 1 aromatic carbocycles. The predicted molar refractivity (Wildman–Crippen MR) is 76.2 cm³/mol. The summed E-state index contributed by atoms with van der Waals surface area (Å²) >= 11 is 1.45. The van der Waals surface area contributed by atoms with Crippen LogP contribution in [0.5, 0.6) is 0 Å². The summed E-state index contributed by atoms with van der Waals surface area (Å²) in [5.74, 6) is 0.492. The van der Waals surface area contributed by atoms with Gasteiger partial charge in [-0.2, -0.15) is 0 Å². The van der Waals surface area contributed by atoms with Gasteiger partial charge in [0.1, 0.15) is 5.03 Å². The zero-order valence-electron chi connectivity index (χ0n) is 10.7. The van der Waals surface area contributed by atoms with Crippen LogP contribution >= 0.6 is 11.8 Å². The van der Waals surface area contributed by atoms with Crippen molar-refractivity contribution in [2.45, 2.75) is 30.8 Å². The number of nitrogens with one attached hydrogen (secondary N) is 1. The molecule has 3 rings (SSSR count). The third-order valence-corrected chi connectivity index (χ3v) is 4.05. The number of para-hydroxylation sites is 2. The molecule has 0 radical (unpaired) electrons. The van der Waals surface area contributed by atoms with Crippen LogP contribution in [-0.2, 0) is 4.79 Å². The third-order valence-electron chi connectivity index (χ3n) is 2.98. The molecule has 0 spiro atoms. The molecular formula is C14H15N3OS. The van der Waals surface area contributed by atoms with Crippen molar-refractivity contribution in [3.8, 4) is 0 Å². The van der Waals surface area contributed by atoms with E-state index in [0.717, 1.165) is 34.6 Å². The van der Waals surface area contributed by atoms with E-state index in [4.69, 9.17) is 0 Å². The third kappa shape index (κ3) is 3.04. The van der Waals surface area contributed by atoms with Crippen molar-refractivity contribution < 1.29 is 4.79 Å². The summed E-state index contributed by atoms with van der Waals surface area (Å²) in [6.07, 6.45) is 2.23. The van der Waals surface area contributed by atoms with Crippen molar-refractivity contribution in [2.24, 2.45) is 0 Å². The fourth-order valence-electron chi connectivity index (χ4n) is 1.84. The Bertz CT molecular complexity index is 625. The molecule has 5 heteroatoms. The van der Waals surface area contributed by atoms with E-state index in [1.807, 2.05) is 31.2 Å². The van der Waals surface area contributed by atoms with Crippen molar-refractivity contribution >= 4 is 28.7 Å². The highest BCUT2D eigenvalue weighted by Gasteiger charge is 2.23. The maximum Gasteiger partial charge on any atom is 0.230 e. The first kappa shape index (κ1) is 12.4. The molecule has 2 aromatic rings. The Morgan fingerprint density at radius 3 is 2.68 bits per heavy atom. The lowest BCUT2D eigenvalue weighted by Crippen LogP contribution is -2.27. The summed E-state index contributed by atoms with van der Waals surface area (Å²) in [7, 11) is 0. The fourth-order valence-corrected chi connectivity index (χ4v) is 2.61. The number of benzene rings is 1. The van der Waals surface area contributed by atoms with Crippen LogP contribution in [0, 0.1) is 6.92 Å². The number of nitrogens with zero attached hydrogens (tertiary/aromatic N) is 2. The summed E-state index contributed by atoms with van der Waals surface area (Å²) in [5, 5.41) is 3.81. The van der Waals surface area contributed by atoms with Crippen molar-refractivity contribution in [1.82, 2.24) is 15.3 Å². The monoisotopic (exact) mass is 273 g/mol. The molecule has 1 N–H and O–H groups in total. The highest BCUT2D eigenvalue weighted by atomic mass is 32.2. The van der Waals surface area contributed by atoms with E-state index in [1.165, 1.54) is 11.8 Å². The second-order valence-corrected chi connectivity index (χ2v) is 5.70. The van der Waals surface area contributed by atoms with Crippen molar-refractivity contribution in [2.75, 3.05) is 5.75 Å². The van der Waals surface area contributed by atoms with E-state index in [0.29, 0.717) is 11.8 Å². The van der Waals surface area contributed by atoms with Crippen molar-refractivity contribution in [3.63, 3.8) is 0 Å². The summed E-state index contributed by atoms with van der Waals surface area (Å²) < 4.78 is 0. The van der Waals surface area contributed by atoms with E-state index < -0.39 is 0 Å². The zero-order valence-corrected chi connectivity index (χ0v) is 11.5. The van der Waals surface area contributed by atoms with E-state index >= 15 is 0 Å². The maximum atomic E-state index is 11.7. The fraction of sp³-hybridized carbons (Fsp3) is 0.357. The molecule has 0 atom stereocenters. The van der Waals surface area contributed by atoms with Gasteiger partial charge in [-0.1, -0.05) is 23.9 Å². The van der Waals surface area contributed by atoms with Crippen LogP contribution in [0.15, 0.2) is 29.3 Å². The standard InChI is InChI=1S/C14H15N3OS/c1-9-14(19-8-13(18)16-10-6-7-10)17-12-5-3-2-4-11(12)15-9/h2-5,10H,6-8H2,1H3,(H,16,18). The molecule has 1 aliphatic rings. The molecule has 0 saturated heterocycles. The average Bonchev–Trinajstić information content (AvgIpc) is 3.20. The maximum absolute atomic E-state index is 11.7. The zero-order chi connectivity index (χ0) is 13.2. The Morgan fingerprint density at radius 1 is 1.32 bits per heavy atom. The summed E-state index contributed by atoms with van der Waals surface area (Å²) in [6.45, 7) is 1.93. The van der Waals surface area contributed by atoms with Crippen LogP contribution in [0.3, 0.4) is 0 Å². The molecule has 1 amide bonds. The second kappa shape index (κ2) is 5.17. The number of aromatic nitrogens is 2. The molecule has 1 aromatic heterocycles. The van der Waals surface area contributed by atoms with Gasteiger partial charge in [-0.3, -0.25) is 4.79 Å². The normalized spacial score (nSPS) is 14.6. The number of hydrogen-bond donors (Lipinski definition) is 1. The lowest BCUT2D eigenvalue weighted by atomic mass is 10.3. The number of thioether (sulfide) groups is 1. The molecule has 0 unspecified atom stereocenters. The van der Waals surface area contributed by atoms with Crippen LogP contribution in [0.4, 0.5) is 0 Å². The highest BCUT2D eigenvalue weighted by Crippen LogP contribution is 2.23.